The number of aryl methyl sites for hydroxylation is 1. The summed E-state index contributed by atoms with van der Waals surface area (Å²) in [5.41, 5.74) is 2.89. The van der Waals surface area contributed by atoms with Crippen molar-refractivity contribution in [2.24, 2.45) is 12.0 Å². The number of hydrogen-bond donors (Lipinski definition) is 1. The molecule has 0 spiro atoms. The molecule has 2 aromatic heterocycles. The van der Waals surface area contributed by atoms with Crippen LogP contribution in [0, 0.1) is 0 Å². The third-order valence-corrected chi connectivity index (χ3v) is 5.50. The van der Waals surface area contributed by atoms with Crippen LogP contribution in [-0.2, 0) is 18.4 Å². The summed E-state index contributed by atoms with van der Waals surface area (Å²) in [6.07, 6.45) is 3.59. The molecule has 0 unspecified atom stereocenters. The van der Waals surface area contributed by atoms with E-state index in [1.54, 1.807) is 15.8 Å². The van der Waals surface area contributed by atoms with Crippen molar-refractivity contribution < 1.29 is 4.79 Å². The lowest BCUT2D eigenvalue weighted by atomic mass is 10.1. The number of carbonyl (C=O) groups is 1. The summed E-state index contributed by atoms with van der Waals surface area (Å²) in [7, 11) is 5.83. The highest BCUT2D eigenvalue weighted by Gasteiger charge is 2.27. The second-order valence-corrected chi connectivity index (χ2v) is 8.06. The zero-order chi connectivity index (χ0) is 22.7. The van der Waals surface area contributed by atoms with Crippen LogP contribution in [0.1, 0.15) is 12.5 Å². The molecule has 0 radical (unpaired) electrons. The summed E-state index contributed by atoms with van der Waals surface area (Å²) >= 11 is 0. The van der Waals surface area contributed by atoms with Gasteiger partial charge in [-0.25, -0.2) is 9.98 Å². The minimum atomic E-state index is 0.0408. The van der Waals surface area contributed by atoms with Gasteiger partial charge in [-0.15, -0.1) is 0 Å². The summed E-state index contributed by atoms with van der Waals surface area (Å²) in [6.45, 7) is 4.85. The van der Waals surface area contributed by atoms with Crippen LogP contribution in [0.2, 0.25) is 0 Å². The maximum atomic E-state index is 12.8. The number of hydrogen-bond acceptors (Lipinski definition) is 5. The van der Waals surface area contributed by atoms with Gasteiger partial charge in [0.1, 0.15) is 12.4 Å². The van der Waals surface area contributed by atoms with E-state index >= 15 is 0 Å². The van der Waals surface area contributed by atoms with E-state index < -0.39 is 0 Å². The van der Waals surface area contributed by atoms with Gasteiger partial charge in [0.25, 0.3) is 0 Å². The van der Waals surface area contributed by atoms with Crippen LogP contribution in [0.5, 0.6) is 0 Å². The van der Waals surface area contributed by atoms with E-state index in [-0.39, 0.29) is 12.5 Å². The summed E-state index contributed by atoms with van der Waals surface area (Å²) in [6, 6.07) is 10.2. The highest BCUT2D eigenvalue weighted by Crippen LogP contribution is 2.23. The number of carbonyl (C=O) groups excluding carboxylic acids is 1. The molecule has 1 saturated heterocycles. The van der Waals surface area contributed by atoms with Crippen molar-refractivity contribution >= 4 is 34.3 Å². The maximum absolute atomic E-state index is 12.8. The number of guanidine groups is 1. The molecule has 1 N–H and O–H groups in total. The quantitative estimate of drug-likeness (QED) is 0.488. The van der Waals surface area contributed by atoms with E-state index in [0.717, 1.165) is 40.5 Å². The molecular weight excluding hydrogens is 404 g/mol. The number of nitrogens with zero attached hydrogens (tertiary/aromatic N) is 7. The van der Waals surface area contributed by atoms with E-state index in [0.29, 0.717) is 19.6 Å². The highest BCUT2D eigenvalue weighted by molar-refractivity contribution is 5.98. The number of pyridine rings is 1. The smallest absolute Gasteiger partial charge is 0.246 e. The van der Waals surface area contributed by atoms with E-state index in [9.17, 15) is 4.79 Å². The maximum Gasteiger partial charge on any atom is 0.246 e. The largest absolute Gasteiger partial charge is 0.363 e. The number of aliphatic imine (C=N–C) groups is 1. The predicted molar refractivity (Wildman–Crippen MR) is 128 cm³/mol. The minimum absolute atomic E-state index is 0.0408. The second-order valence-electron chi connectivity index (χ2n) is 8.06. The number of piperazine rings is 1. The summed E-state index contributed by atoms with van der Waals surface area (Å²) in [5.74, 6) is 1.69. The third kappa shape index (κ3) is 4.51. The Kier molecular flexibility index (Phi) is 6.25. The molecule has 3 aromatic rings. The molecule has 0 bridgehead atoms. The first kappa shape index (κ1) is 21.6. The molecule has 1 amide bonds. The van der Waals surface area contributed by atoms with Crippen LogP contribution >= 0.6 is 0 Å². The van der Waals surface area contributed by atoms with E-state index in [1.165, 1.54) is 0 Å². The molecule has 1 aliphatic heterocycles. The van der Waals surface area contributed by atoms with Crippen molar-refractivity contribution in [3.05, 3.63) is 48.3 Å². The van der Waals surface area contributed by atoms with Gasteiger partial charge in [0, 0.05) is 52.4 Å². The highest BCUT2D eigenvalue weighted by atomic mass is 16.2. The molecule has 1 fully saturated rings. The number of amides is 1. The predicted octanol–water partition coefficient (Wildman–Crippen LogP) is 1.85. The molecule has 1 aromatic carbocycles. The van der Waals surface area contributed by atoms with Gasteiger partial charge in [0.05, 0.1) is 23.9 Å². The molecule has 9 nitrogen and oxygen atoms in total. The topological polar surface area (TPSA) is 81.9 Å². The first-order chi connectivity index (χ1) is 15.5. The second kappa shape index (κ2) is 9.25. The number of rotatable bonds is 5. The van der Waals surface area contributed by atoms with Crippen LogP contribution in [0.25, 0.3) is 10.9 Å². The monoisotopic (exact) mass is 434 g/mol. The number of anilines is 2. The van der Waals surface area contributed by atoms with Crippen LogP contribution < -0.4 is 15.1 Å². The Morgan fingerprint density at radius 2 is 2.06 bits per heavy atom. The first-order valence-electron chi connectivity index (χ1n) is 10.8. The molecule has 9 heteroatoms. The lowest BCUT2D eigenvalue weighted by Crippen LogP contribution is -2.55. The number of benzene rings is 1. The molecule has 4 rings (SSSR count). The molecule has 32 heavy (non-hydrogen) atoms. The third-order valence-electron chi connectivity index (χ3n) is 5.50. The fraction of sp³-hybridized carbons (Fsp3) is 0.391. The van der Waals surface area contributed by atoms with Gasteiger partial charge < -0.3 is 20.0 Å². The average molecular weight is 435 g/mol. The van der Waals surface area contributed by atoms with Gasteiger partial charge in [-0.05, 0) is 24.6 Å². The van der Waals surface area contributed by atoms with Crippen LogP contribution in [-0.4, -0.2) is 71.8 Å². The Hall–Kier alpha value is -3.62. The fourth-order valence-electron chi connectivity index (χ4n) is 3.85. The van der Waals surface area contributed by atoms with Gasteiger partial charge >= 0.3 is 0 Å². The van der Waals surface area contributed by atoms with Gasteiger partial charge in [0.2, 0.25) is 5.91 Å². The summed E-state index contributed by atoms with van der Waals surface area (Å²) in [4.78, 5) is 28.3. The molecular formula is C23H30N8O. The van der Waals surface area contributed by atoms with Crippen LogP contribution in [0.3, 0.4) is 0 Å². The summed E-state index contributed by atoms with van der Waals surface area (Å²) in [5, 5.41) is 8.62. The zero-order valence-corrected chi connectivity index (χ0v) is 19.1. The number of aromatic nitrogens is 3. The van der Waals surface area contributed by atoms with Crippen LogP contribution in [0.4, 0.5) is 11.5 Å². The Morgan fingerprint density at radius 3 is 2.75 bits per heavy atom. The average Bonchev–Trinajstić information content (AvgIpc) is 3.22. The number of nitrogens with one attached hydrogen (secondary N) is 1. The number of fused-ring (bicyclic) bond motifs is 1. The molecule has 168 valence electrons. The van der Waals surface area contributed by atoms with Crippen LogP contribution in [0.15, 0.2) is 47.7 Å². The molecule has 0 aliphatic carbocycles. The van der Waals surface area contributed by atoms with Crippen molar-refractivity contribution in [2.45, 2.75) is 13.5 Å². The van der Waals surface area contributed by atoms with E-state index in [4.69, 9.17) is 9.98 Å². The lowest BCUT2D eigenvalue weighted by molar-refractivity contribution is -0.120. The van der Waals surface area contributed by atoms with Gasteiger partial charge in [0.15, 0.2) is 5.96 Å². The van der Waals surface area contributed by atoms with Crippen molar-refractivity contribution in [3.8, 4) is 0 Å². The van der Waals surface area contributed by atoms with E-state index in [2.05, 4.69) is 22.5 Å². The SMILES string of the molecule is CCNC(=NCc1cc(N(C)C)nc2ccccc12)N1CCN(c2cnn(C)c2)C(=O)C1. The van der Waals surface area contributed by atoms with Crippen molar-refractivity contribution in [1.82, 2.24) is 25.0 Å². The van der Waals surface area contributed by atoms with Gasteiger partial charge in [-0.3, -0.25) is 9.48 Å². The standard InChI is InChI=1S/C23H30N8O/c1-5-24-23(30-10-11-31(22(32)16-30)18-14-26-29(4)15-18)25-13-17-12-21(28(2)3)27-20-9-7-6-8-19(17)20/h6-9,12,14-15H,5,10-11,13,16H2,1-4H3,(H,24,25). The molecule has 3 heterocycles. The fourth-order valence-corrected chi connectivity index (χ4v) is 3.85. The Morgan fingerprint density at radius 1 is 1.25 bits per heavy atom. The Bertz CT molecular complexity index is 1140. The van der Waals surface area contributed by atoms with Crippen molar-refractivity contribution in [3.63, 3.8) is 0 Å². The van der Waals surface area contributed by atoms with Crippen molar-refractivity contribution in [2.75, 3.05) is 50.1 Å². The minimum Gasteiger partial charge on any atom is -0.363 e. The number of para-hydroxylation sites is 1. The van der Waals surface area contributed by atoms with E-state index in [1.807, 2.05) is 62.3 Å². The normalized spacial score (nSPS) is 14.9. The van der Waals surface area contributed by atoms with Gasteiger partial charge in [-0.2, -0.15) is 5.10 Å². The molecule has 0 saturated carbocycles. The molecule has 1 aliphatic rings. The Balaban J connectivity index is 1.56. The summed E-state index contributed by atoms with van der Waals surface area (Å²) < 4.78 is 1.71. The Labute approximate surface area is 188 Å². The molecule has 0 atom stereocenters. The zero-order valence-electron chi connectivity index (χ0n) is 19.1. The van der Waals surface area contributed by atoms with Crippen molar-refractivity contribution in [1.29, 1.82) is 0 Å². The first-order valence-corrected chi connectivity index (χ1v) is 10.8. The van der Waals surface area contributed by atoms with Gasteiger partial charge in [-0.1, -0.05) is 18.2 Å². The lowest BCUT2D eigenvalue weighted by Gasteiger charge is -2.35.